The molecule has 36 heavy (non-hydrogen) atoms. The molecule has 0 aromatic heterocycles. The molecule has 9 heteroatoms. The molecule has 0 spiro atoms. The van der Waals surface area contributed by atoms with Gasteiger partial charge in [-0.1, -0.05) is 62.7 Å². The van der Waals surface area contributed by atoms with Gasteiger partial charge in [0, 0.05) is 13.0 Å². The summed E-state index contributed by atoms with van der Waals surface area (Å²) in [5.41, 5.74) is 0.991. The maximum Gasteiger partial charge on any atom is 0.325 e. The SMILES string of the molecule is CC[C@H](C)CC(NC(=O)[C@@H]1CCC(=O)N1)N(CC(=O)N[C@@H](C)C(=O)O)Cc1cccc2ccccc12. The number of aliphatic carboxylic acids is 1. The number of fused-ring (bicyclic) bond motifs is 1. The minimum absolute atomic E-state index is 0.0980. The van der Waals surface area contributed by atoms with Crippen LogP contribution in [-0.4, -0.2) is 58.5 Å². The Balaban J connectivity index is 1.91. The van der Waals surface area contributed by atoms with Crippen LogP contribution in [0.1, 0.15) is 52.0 Å². The van der Waals surface area contributed by atoms with Crippen LogP contribution in [0.3, 0.4) is 0 Å². The summed E-state index contributed by atoms with van der Waals surface area (Å²) < 4.78 is 0. The van der Waals surface area contributed by atoms with Crippen LogP contribution in [0.2, 0.25) is 0 Å². The van der Waals surface area contributed by atoms with E-state index in [1.54, 1.807) is 0 Å². The van der Waals surface area contributed by atoms with Crippen molar-refractivity contribution in [2.75, 3.05) is 6.54 Å². The van der Waals surface area contributed by atoms with Gasteiger partial charge in [0.25, 0.3) is 0 Å². The molecule has 0 bridgehead atoms. The lowest BCUT2D eigenvalue weighted by Gasteiger charge is -2.34. The van der Waals surface area contributed by atoms with Gasteiger partial charge >= 0.3 is 5.97 Å². The topological polar surface area (TPSA) is 128 Å². The summed E-state index contributed by atoms with van der Waals surface area (Å²) in [4.78, 5) is 50.8. The lowest BCUT2D eigenvalue weighted by Crippen LogP contribution is -2.55. The van der Waals surface area contributed by atoms with Gasteiger partial charge in [0.05, 0.1) is 12.7 Å². The number of hydrogen-bond donors (Lipinski definition) is 4. The minimum atomic E-state index is -1.12. The molecule has 1 aliphatic rings. The first-order valence-electron chi connectivity index (χ1n) is 12.5. The van der Waals surface area contributed by atoms with Gasteiger partial charge in [0.2, 0.25) is 17.7 Å². The molecule has 0 radical (unpaired) electrons. The molecule has 194 valence electrons. The Morgan fingerprint density at radius 1 is 1.11 bits per heavy atom. The number of carboxylic acid groups (broad SMARTS) is 1. The van der Waals surface area contributed by atoms with Crippen LogP contribution in [0.5, 0.6) is 0 Å². The first-order chi connectivity index (χ1) is 17.2. The van der Waals surface area contributed by atoms with Gasteiger partial charge in [0.15, 0.2) is 0 Å². The fourth-order valence-corrected chi connectivity index (χ4v) is 4.38. The summed E-state index contributed by atoms with van der Waals surface area (Å²) in [5.74, 6) is -1.74. The van der Waals surface area contributed by atoms with Crippen molar-refractivity contribution < 1.29 is 24.3 Å². The predicted octanol–water partition coefficient (Wildman–Crippen LogP) is 2.39. The molecule has 4 atom stereocenters. The van der Waals surface area contributed by atoms with Crippen molar-refractivity contribution in [3.05, 3.63) is 48.0 Å². The number of hydrogen-bond acceptors (Lipinski definition) is 5. The van der Waals surface area contributed by atoms with E-state index in [9.17, 15) is 24.3 Å². The largest absolute Gasteiger partial charge is 0.480 e. The van der Waals surface area contributed by atoms with Crippen molar-refractivity contribution in [1.82, 2.24) is 20.9 Å². The molecule has 3 amide bonds. The van der Waals surface area contributed by atoms with Crippen LogP contribution in [0.25, 0.3) is 10.8 Å². The average molecular weight is 497 g/mol. The van der Waals surface area contributed by atoms with Gasteiger partial charge < -0.3 is 21.1 Å². The second-order valence-electron chi connectivity index (χ2n) is 9.60. The monoisotopic (exact) mass is 496 g/mol. The van der Waals surface area contributed by atoms with Crippen molar-refractivity contribution >= 4 is 34.5 Å². The maximum absolute atomic E-state index is 13.1. The highest BCUT2D eigenvalue weighted by Gasteiger charge is 2.32. The minimum Gasteiger partial charge on any atom is -0.480 e. The van der Waals surface area contributed by atoms with E-state index in [0.717, 1.165) is 22.8 Å². The first-order valence-corrected chi connectivity index (χ1v) is 12.5. The lowest BCUT2D eigenvalue weighted by atomic mass is 10.00. The van der Waals surface area contributed by atoms with E-state index in [4.69, 9.17) is 0 Å². The molecule has 1 heterocycles. The summed E-state index contributed by atoms with van der Waals surface area (Å²) in [6, 6.07) is 12.3. The highest BCUT2D eigenvalue weighted by Crippen LogP contribution is 2.23. The van der Waals surface area contributed by atoms with E-state index in [-0.39, 0.29) is 24.3 Å². The third kappa shape index (κ3) is 7.27. The molecule has 2 aromatic carbocycles. The number of carboxylic acids is 1. The quantitative estimate of drug-likeness (QED) is 0.334. The Morgan fingerprint density at radius 2 is 1.83 bits per heavy atom. The number of nitrogens with zero attached hydrogens (tertiary/aromatic N) is 1. The molecule has 2 aromatic rings. The standard InChI is InChI=1S/C27H36N4O5/c1-4-17(2)14-23(30-26(34)22-12-13-24(32)29-22)31(16-25(33)28-18(3)27(35)36)15-20-10-7-9-19-8-5-6-11-21(19)20/h5-11,17-18,22-23H,4,12-16H2,1-3H3,(H,28,33)(H,29,32)(H,30,34)(H,35,36)/t17-,18-,22-,23?/m0/s1. The van der Waals surface area contributed by atoms with Crippen LogP contribution in [0.4, 0.5) is 0 Å². The van der Waals surface area contributed by atoms with E-state index in [1.807, 2.05) is 47.4 Å². The number of carbonyl (C=O) groups is 4. The Hall–Kier alpha value is -3.46. The summed E-state index contributed by atoms with van der Waals surface area (Å²) in [6.45, 7) is 5.83. The predicted molar refractivity (Wildman–Crippen MR) is 137 cm³/mol. The van der Waals surface area contributed by atoms with Crippen LogP contribution in [0.15, 0.2) is 42.5 Å². The van der Waals surface area contributed by atoms with Gasteiger partial charge in [-0.05, 0) is 42.0 Å². The van der Waals surface area contributed by atoms with Gasteiger partial charge in [-0.25, -0.2) is 0 Å². The molecule has 0 saturated carbocycles. The normalized spacial score (nSPS) is 17.9. The molecular formula is C27H36N4O5. The van der Waals surface area contributed by atoms with Crippen molar-refractivity contribution in [2.45, 2.75) is 71.2 Å². The van der Waals surface area contributed by atoms with Crippen LogP contribution in [0, 0.1) is 5.92 Å². The highest BCUT2D eigenvalue weighted by atomic mass is 16.4. The lowest BCUT2D eigenvalue weighted by molar-refractivity contribution is -0.141. The van der Waals surface area contributed by atoms with Gasteiger partial charge in [-0.3, -0.25) is 24.1 Å². The maximum atomic E-state index is 13.1. The fourth-order valence-electron chi connectivity index (χ4n) is 4.38. The number of amides is 3. The molecule has 4 N–H and O–H groups in total. The zero-order valence-corrected chi connectivity index (χ0v) is 21.1. The zero-order chi connectivity index (χ0) is 26.2. The molecule has 9 nitrogen and oxygen atoms in total. The van der Waals surface area contributed by atoms with Crippen LogP contribution in [-0.2, 0) is 25.7 Å². The van der Waals surface area contributed by atoms with Crippen molar-refractivity contribution in [3.8, 4) is 0 Å². The Bertz CT molecular complexity index is 1100. The highest BCUT2D eigenvalue weighted by molar-refractivity contribution is 5.91. The molecule has 3 rings (SSSR count). The smallest absolute Gasteiger partial charge is 0.325 e. The number of rotatable bonds is 12. The van der Waals surface area contributed by atoms with Crippen LogP contribution >= 0.6 is 0 Å². The zero-order valence-electron chi connectivity index (χ0n) is 21.1. The third-order valence-corrected chi connectivity index (χ3v) is 6.73. The second kappa shape index (κ2) is 12.5. The van der Waals surface area contributed by atoms with E-state index < -0.39 is 30.1 Å². The van der Waals surface area contributed by atoms with Crippen molar-refractivity contribution in [1.29, 1.82) is 0 Å². The second-order valence-corrected chi connectivity index (χ2v) is 9.60. The summed E-state index contributed by atoms with van der Waals surface area (Å²) in [7, 11) is 0. The summed E-state index contributed by atoms with van der Waals surface area (Å²) in [6.07, 6.45) is 1.73. The van der Waals surface area contributed by atoms with Gasteiger partial charge in [-0.2, -0.15) is 0 Å². The Morgan fingerprint density at radius 3 is 2.50 bits per heavy atom. The molecule has 1 unspecified atom stereocenters. The molecule has 1 fully saturated rings. The van der Waals surface area contributed by atoms with E-state index in [1.165, 1.54) is 6.92 Å². The van der Waals surface area contributed by atoms with Gasteiger partial charge in [0.1, 0.15) is 12.1 Å². The van der Waals surface area contributed by atoms with E-state index in [2.05, 4.69) is 29.8 Å². The average Bonchev–Trinajstić information content (AvgIpc) is 3.29. The van der Waals surface area contributed by atoms with Crippen molar-refractivity contribution in [3.63, 3.8) is 0 Å². The fraction of sp³-hybridized carbons (Fsp3) is 0.481. The molecule has 1 aliphatic heterocycles. The molecular weight excluding hydrogens is 460 g/mol. The first kappa shape index (κ1) is 27.1. The number of carbonyl (C=O) groups excluding carboxylic acids is 3. The Labute approximate surface area is 211 Å². The number of nitrogens with one attached hydrogen (secondary N) is 3. The number of benzene rings is 2. The summed E-state index contributed by atoms with van der Waals surface area (Å²) in [5, 5.41) is 19.6. The Kier molecular flexibility index (Phi) is 9.41. The molecule has 0 aliphatic carbocycles. The third-order valence-electron chi connectivity index (χ3n) is 6.73. The molecule has 1 saturated heterocycles. The van der Waals surface area contributed by atoms with Gasteiger partial charge in [-0.15, -0.1) is 0 Å². The van der Waals surface area contributed by atoms with Crippen molar-refractivity contribution in [2.24, 2.45) is 5.92 Å². The van der Waals surface area contributed by atoms with E-state index >= 15 is 0 Å². The summed E-state index contributed by atoms with van der Waals surface area (Å²) >= 11 is 0. The van der Waals surface area contributed by atoms with Crippen LogP contribution < -0.4 is 16.0 Å². The van der Waals surface area contributed by atoms with E-state index in [0.29, 0.717) is 25.8 Å².